The van der Waals surface area contributed by atoms with E-state index in [2.05, 4.69) is 55.3 Å². The van der Waals surface area contributed by atoms with Gasteiger partial charge in [0, 0.05) is 5.56 Å². The summed E-state index contributed by atoms with van der Waals surface area (Å²) < 4.78 is 14.6. The van der Waals surface area contributed by atoms with Crippen LogP contribution >= 0.6 is 0 Å². The third-order valence-electron chi connectivity index (χ3n) is 3.63. The molecule has 0 unspecified atom stereocenters. The van der Waals surface area contributed by atoms with Crippen LogP contribution in [0.15, 0.2) is 54.7 Å². The lowest BCUT2D eigenvalue weighted by atomic mass is 9.86. The normalized spacial score (nSPS) is 11.6. The molecule has 0 saturated carbocycles. The van der Waals surface area contributed by atoms with Gasteiger partial charge in [0.25, 0.3) is 0 Å². The van der Waals surface area contributed by atoms with Crippen LogP contribution in [0.5, 0.6) is 0 Å². The number of aromatic nitrogens is 3. The van der Waals surface area contributed by atoms with Crippen molar-refractivity contribution in [3.8, 4) is 16.9 Å². The van der Waals surface area contributed by atoms with Gasteiger partial charge in [0.05, 0.1) is 11.9 Å². The fourth-order valence-electron chi connectivity index (χ4n) is 2.26. The Labute approximate surface area is 129 Å². The Balaban J connectivity index is 1.89. The third kappa shape index (κ3) is 2.91. The lowest BCUT2D eigenvalue weighted by molar-refractivity contribution is 0.590. The van der Waals surface area contributed by atoms with Gasteiger partial charge in [-0.3, -0.25) is 0 Å². The molecular formula is C18H18FN3. The van der Waals surface area contributed by atoms with Crippen LogP contribution in [0, 0.1) is 5.82 Å². The zero-order chi connectivity index (χ0) is 15.7. The lowest BCUT2D eigenvalue weighted by Crippen LogP contribution is -2.10. The largest absolute Gasteiger partial charge is 0.220 e. The molecule has 0 spiro atoms. The first-order chi connectivity index (χ1) is 10.4. The molecule has 0 aliphatic carbocycles. The van der Waals surface area contributed by atoms with Crippen molar-refractivity contribution in [3.63, 3.8) is 0 Å². The number of hydrogen-bond donors (Lipinski definition) is 0. The maximum Gasteiger partial charge on any atom is 0.123 e. The predicted molar refractivity (Wildman–Crippen MR) is 85.5 cm³/mol. The van der Waals surface area contributed by atoms with Crippen molar-refractivity contribution in [2.24, 2.45) is 0 Å². The van der Waals surface area contributed by atoms with Crippen LogP contribution in [-0.2, 0) is 5.41 Å². The van der Waals surface area contributed by atoms with E-state index < -0.39 is 0 Å². The second-order valence-electron chi connectivity index (χ2n) is 6.35. The summed E-state index contributed by atoms with van der Waals surface area (Å²) in [7, 11) is 0. The molecule has 0 amide bonds. The molecule has 3 aromatic rings. The Kier molecular flexibility index (Phi) is 3.53. The molecule has 1 heterocycles. The first-order valence-electron chi connectivity index (χ1n) is 7.23. The van der Waals surface area contributed by atoms with Crippen molar-refractivity contribution in [1.82, 2.24) is 15.0 Å². The molecule has 0 radical (unpaired) electrons. The highest BCUT2D eigenvalue weighted by molar-refractivity contribution is 5.59. The molecule has 0 fully saturated rings. The van der Waals surface area contributed by atoms with E-state index in [1.807, 2.05) is 6.20 Å². The van der Waals surface area contributed by atoms with Crippen molar-refractivity contribution < 1.29 is 4.39 Å². The molecule has 3 nitrogen and oxygen atoms in total. The quantitative estimate of drug-likeness (QED) is 0.703. The highest BCUT2D eigenvalue weighted by atomic mass is 19.1. The Morgan fingerprint density at radius 1 is 0.909 bits per heavy atom. The first-order valence-corrected chi connectivity index (χ1v) is 7.23. The molecule has 0 atom stereocenters. The van der Waals surface area contributed by atoms with Crippen LogP contribution in [0.4, 0.5) is 4.39 Å². The third-order valence-corrected chi connectivity index (χ3v) is 3.63. The molecule has 0 saturated heterocycles. The summed E-state index contributed by atoms with van der Waals surface area (Å²) >= 11 is 0. The summed E-state index contributed by atoms with van der Waals surface area (Å²) in [6.45, 7) is 6.56. The average Bonchev–Trinajstić information content (AvgIpc) is 2.97. The van der Waals surface area contributed by atoms with E-state index in [1.165, 1.54) is 17.7 Å². The molecular weight excluding hydrogens is 277 g/mol. The van der Waals surface area contributed by atoms with E-state index in [4.69, 9.17) is 0 Å². The Hall–Kier alpha value is -2.49. The van der Waals surface area contributed by atoms with Crippen molar-refractivity contribution in [2.45, 2.75) is 26.2 Å². The molecule has 0 N–H and O–H groups in total. The second kappa shape index (κ2) is 5.37. The second-order valence-corrected chi connectivity index (χ2v) is 6.35. The van der Waals surface area contributed by atoms with Gasteiger partial charge in [-0.1, -0.05) is 50.3 Å². The first kappa shape index (κ1) is 14.4. The van der Waals surface area contributed by atoms with Gasteiger partial charge in [-0.25, -0.2) is 9.07 Å². The summed E-state index contributed by atoms with van der Waals surface area (Å²) in [6, 6.07) is 14.5. The summed E-state index contributed by atoms with van der Waals surface area (Å²) in [6.07, 6.45) is 1.85. The van der Waals surface area contributed by atoms with Crippen LogP contribution in [0.25, 0.3) is 16.9 Å². The van der Waals surface area contributed by atoms with Crippen LogP contribution in [0.1, 0.15) is 26.3 Å². The van der Waals surface area contributed by atoms with E-state index in [0.29, 0.717) is 0 Å². The monoisotopic (exact) mass is 295 g/mol. The topological polar surface area (TPSA) is 30.7 Å². The van der Waals surface area contributed by atoms with Crippen molar-refractivity contribution >= 4 is 0 Å². The number of halogens is 1. The number of benzene rings is 2. The molecule has 2 aromatic carbocycles. The van der Waals surface area contributed by atoms with Gasteiger partial charge >= 0.3 is 0 Å². The molecule has 22 heavy (non-hydrogen) atoms. The van der Waals surface area contributed by atoms with Gasteiger partial charge < -0.3 is 0 Å². The fourth-order valence-corrected chi connectivity index (χ4v) is 2.26. The molecule has 3 rings (SSSR count). The molecule has 112 valence electrons. The smallest absolute Gasteiger partial charge is 0.123 e. The van der Waals surface area contributed by atoms with Crippen LogP contribution in [0.3, 0.4) is 0 Å². The highest BCUT2D eigenvalue weighted by Gasteiger charge is 2.13. The lowest BCUT2D eigenvalue weighted by Gasteiger charge is -2.18. The van der Waals surface area contributed by atoms with Gasteiger partial charge in [-0.2, -0.15) is 0 Å². The van der Waals surface area contributed by atoms with E-state index in [-0.39, 0.29) is 11.2 Å². The van der Waals surface area contributed by atoms with Gasteiger partial charge in [0.1, 0.15) is 11.5 Å². The summed E-state index contributed by atoms with van der Waals surface area (Å²) in [5.74, 6) is -0.262. The Morgan fingerprint density at radius 3 is 2.14 bits per heavy atom. The molecule has 0 aliphatic heterocycles. The summed E-state index contributed by atoms with van der Waals surface area (Å²) in [4.78, 5) is 0. The Bertz CT molecular complexity index is 765. The van der Waals surface area contributed by atoms with E-state index in [1.54, 1.807) is 16.8 Å². The molecule has 4 heteroatoms. The van der Waals surface area contributed by atoms with Gasteiger partial charge in [0.15, 0.2) is 0 Å². The molecule has 0 bridgehead atoms. The van der Waals surface area contributed by atoms with E-state index in [0.717, 1.165) is 16.9 Å². The number of rotatable bonds is 2. The minimum atomic E-state index is -0.262. The minimum Gasteiger partial charge on any atom is -0.220 e. The summed E-state index contributed by atoms with van der Waals surface area (Å²) in [5.41, 5.74) is 4.00. The maximum atomic E-state index is 13.0. The van der Waals surface area contributed by atoms with Crippen LogP contribution in [0.2, 0.25) is 0 Å². The van der Waals surface area contributed by atoms with Gasteiger partial charge in [-0.15, -0.1) is 5.10 Å². The van der Waals surface area contributed by atoms with E-state index >= 15 is 0 Å². The molecule has 0 aliphatic rings. The minimum absolute atomic E-state index is 0.129. The zero-order valence-corrected chi connectivity index (χ0v) is 12.9. The number of nitrogens with zero attached hydrogens (tertiary/aromatic N) is 3. The van der Waals surface area contributed by atoms with Gasteiger partial charge in [-0.05, 0) is 35.2 Å². The predicted octanol–water partition coefficient (Wildman–Crippen LogP) is 4.37. The highest BCUT2D eigenvalue weighted by Crippen LogP contribution is 2.25. The standard InChI is InChI=1S/C18H18FN3/c1-18(2,3)14-6-4-13(5-7-14)17-12-22(21-20-17)16-10-8-15(19)9-11-16/h4-12H,1-3H3. The summed E-state index contributed by atoms with van der Waals surface area (Å²) in [5, 5.41) is 8.30. The SMILES string of the molecule is CC(C)(C)c1ccc(-c2cn(-c3ccc(F)cc3)nn2)cc1. The maximum absolute atomic E-state index is 13.0. The van der Waals surface area contributed by atoms with E-state index in [9.17, 15) is 4.39 Å². The average molecular weight is 295 g/mol. The van der Waals surface area contributed by atoms with Crippen LogP contribution < -0.4 is 0 Å². The zero-order valence-electron chi connectivity index (χ0n) is 12.9. The molecule has 1 aromatic heterocycles. The van der Waals surface area contributed by atoms with Gasteiger partial charge in [0.2, 0.25) is 0 Å². The van der Waals surface area contributed by atoms with Crippen molar-refractivity contribution in [2.75, 3.05) is 0 Å². The van der Waals surface area contributed by atoms with Crippen molar-refractivity contribution in [1.29, 1.82) is 0 Å². The Morgan fingerprint density at radius 2 is 1.55 bits per heavy atom. The number of hydrogen-bond acceptors (Lipinski definition) is 2. The van der Waals surface area contributed by atoms with Crippen molar-refractivity contribution in [3.05, 3.63) is 66.1 Å². The van der Waals surface area contributed by atoms with Crippen LogP contribution in [-0.4, -0.2) is 15.0 Å². The fraction of sp³-hybridized carbons (Fsp3) is 0.222.